The van der Waals surface area contributed by atoms with Crippen LogP contribution in [0.3, 0.4) is 0 Å². The Morgan fingerprint density at radius 2 is 2.31 bits per heavy atom. The Bertz CT molecular complexity index is 948. The normalized spacial score (nSPS) is 13.6. The molecule has 0 bridgehead atoms. The minimum Gasteiger partial charge on any atom is -0.494 e. The Labute approximate surface area is 153 Å². The number of tetrazole rings is 1. The molecule has 26 heavy (non-hydrogen) atoms. The number of nitrogens with one attached hydrogen (secondary N) is 1. The van der Waals surface area contributed by atoms with Gasteiger partial charge in [-0.3, -0.25) is 4.79 Å². The second kappa shape index (κ2) is 6.81. The van der Waals surface area contributed by atoms with Crippen LogP contribution in [-0.2, 0) is 6.54 Å². The summed E-state index contributed by atoms with van der Waals surface area (Å²) in [6.45, 7) is 0.313. The number of carbonyl (C=O) groups is 1. The standard InChI is InChI=1S/C16H17N7O2S/c1-25-13-5-4-10(18-16(24)11-8-26-14(7-17)19-11)6-12(13)23-15(9-2-3-9)20-21-22-23/h4-6,8-9H,2-3,7,17H2,1H3,(H,18,24). The molecule has 1 aliphatic carbocycles. The number of ether oxygens (including phenoxy) is 1. The number of aromatic nitrogens is 5. The van der Waals surface area contributed by atoms with Crippen molar-refractivity contribution < 1.29 is 9.53 Å². The molecule has 3 aromatic rings. The third-order valence-electron chi connectivity index (χ3n) is 4.06. The highest BCUT2D eigenvalue weighted by molar-refractivity contribution is 7.09. The van der Waals surface area contributed by atoms with Crippen molar-refractivity contribution in [2.45, 2.75) is 25.3 Å². The van der Waals surface area contributed by atoms with Crippen LogP contribution in [0.25, 0.3) is 5.69 Å². The lowest BCUT2D eigenvalue weighted by molar-refractivity contribution is 0.102. The molecular formula is C16H17N7O2S. The molecule has 1 amide bonds. The summed E-state index contributed by atoms with van der Waals surface area (Å²) < 4.78 is 7.10. The van der Waals surface area contributed by atoms with Gasteiger partial charge < -0.3 is 15.8 Å². The molecule has 0 spiro atoms. The SMILES string of the molecule is COc1ccc(NC(=O)c2csc(CN)n2)cc1-n1nnnc1C1CC1. The Morgan fingerprint density at radius 3 is 3.00 bits per heavy atom. The molecule has 1 aliphatic rings. The van der Waals surface area contributed by atoms with Crippen molar-refractivity contribution in [3.05, 3.63) is 40.1 Å². The zero-order valence-electron chi connectivity index (χ0n) is 14.0. The molecule has 134 valence electrons. The minimum atomic E-state index is -0.295. The molecule has 0 radical (unpaired) electrons. The monoisotopic (exact) mass is 371 g/mol. The molecule has 1 fully saturated rings. The maximum atomic E-state index is 12.4. The van der Waals surface area contributed by atoms with Crippen LogP contribution < -0.4 is 15.8 Å². The van der Waals surface area contributed by atoms with E-state index in [4.69, 9.17) is 10.5 Å². The van der Waals surface area contributed by atoms with E-state index < -0.39 is 0 Å². The molecule has 1 saturated carbocycles. The maximum absolute atomic E-state index is 12.4. The Hall–Kier alpha value is -2.85. The first-order valence-corrected chi connectivity index (χ1v) is 9.00. The van der Waals surface area contributed by atoms with Crippen molar-refractivity contribution in [2.75, 3.05) is 12.4 Å². The molecule has 3 N–H and O–H groups in total. The molecule has 2 heterocycles. The number of hydrogen-bond donors (Lipinski definition) is 2. The van der Waals surface area contributed by atoms with Crippen LogP contribution in [0.15, 0.2) is 23.6 Å². The van der Waals surface area contributed by atoms with E-state index in [0.29, 0.717) is 40.3 Å². The second-order valence-corrected chi connectivity index (χ2v) is 6.84. The molecule has 9 nitrogen and oxygen atoms in total. The van der Waals surface area contributed by atoms with Gasteiger partial charge in [-0.2, -0.15) is 4.68 Å². The highest BCUT2D eigenvalue weighted by Crippen LogP contribution is 2.40. The van der Waals surface area contributed by atoms with Gasteiger partial charge >= 0.3 is 0 Å². The fourth-order valence-corrected chi connectivity index (χ4v) is 3.25. The molecular weight excluding hydrogens is 354 g/mol. The quantitative estimate of drug-likeness (QED) is 0.676. The Kier molecular flexibility index (Phi) is 4.35. The van der Waals surface area contributed by atoms with E-state index in [1.807, 2.05) is 0 Å². The average molecular weight is 371 g/mol. The number of anilines is 1. The number of thiazole rings is 1. The van der Waals surface area contributed by atoms with Crippen LogP contribution >= 0.6 is 11.3 Å². The van der Waals surface area contributed by atoms with Crippen molar-refractivity contribution in [1.82, 2.24) is 25.2 Å². The predicted octanol–water partition coefficient (Wildman–Crippen LogP) is 1.72. The lowest BCUT2D eigenvalue weighted by Gasteiger charge is -2.12. The molecule has 0 aliphatic heterocycles. The minimum absolute atomic E-state index is 0.295. The van der Waals surface area contributed by atoms with Crippen LogP contribution in [-0.4, -0.2) is 38.2 Å². The van der Waals surface area contributed by atoms with Crippen LogP contribution in [0, 0.1) is 0 Å². The molecule has 1 aromatic carbocycles. The molecule has 0 unspecified atom stereocenters. The van der Waals surface area contributed by atoms with E-state index in [9.17, 15) is 4.79 Å². The van der Waals surface area contributed by atoms with E-state index in [0.717, 1.165) is 18.7 Å². The largest absolute Gasteiger partial charge is 0.494 e. The van der Waals surface area contributed by atoms with Crippen molar-refractivity contribution in [1.29, 1.82) is 0 Å². The van der Waals surface area contributed by atoms with Gasteiger partial charge in [0.1, 0.15) is 22.1 Å². The smallest absolute Gasteiger partial charge is 0.275 e. The highest BCUT2D eigenvalue weighted by Gasteiger charge is 2.30. The first-order chi connectivity index (χ1) is 12.7. The first-order valence-electron chi connectivity index (χ1n) is 8.12. The Balaban J connectivity index is 1.63. The van der Waals surface area contributed by atoms with Gasteiger partial charge in [0.05, 0.1) is 7.11 Å². The maximum Gasteiger partial charge on any atom is 0.275 e. The molecule has 10 heteroatoms. The average Bonchev–Trinajstić information content (AvgIpc) is 3.20. The zero-order valence-corrected chi connectivity index (χ0v) is 14.9. The van der Waals surface area contributed by atoms with Crippen LogP contribution in [0.4, 0.5) is 5.69 Å². The predicted molar refractivity (Wildman–Crippen MR) is 95.6 cm³/mol. The summed E-state index contributed by atoms with van der Waals surface area (Å²) in [5.74, 6) is 1.50. The third-order valence-corrected chi connectivity index (χ3v) is 4.93. The van der Waals surface area contributed by atoms with Gasteiger partial charge in [0, 0.05) is 23.5 Å². The van der Waals surface area contributed by atoms with Gasteiger partial charge in [-0.05, 0) is 41.5 Å². The summed E-state index contributed by atoms with van der Waals surface area (Å²) in [6.07, 6.45) is 2.15. The van der Waals surface area contributed by atoms with Gasteiger partial charge in [-0.25, -0.2) is 4.98 Å². The number of benzene rings is 1. The van der Waals surface area contributed by atoms with Gasteiger partial charge in [0.15, 0.2) is 5.82 Å². The molecule has 4 rings (SSSR count). The lowest BCUT2D eigenvalue weighted by atomic mass is 10.2. The fourth-order valence-electron chi connectivity index (χ4n) is 2.60. The van der Waals surface area contributed by atoms with Crippen molar-refractivity contribution >= 4 is 22.9 Å². The van der Waals surface area contributed by atoms with Crippen LogP contribution in [0.1, 0.15) is 40.1 Å². The summed E-state index contributed by atoms with van der Waals surface area (Å²) >= 11 is 1.36. The van der Waals surface area contributed by atoms with Crippen molar-refractivity contribution in [2.24, 2.45) is 5.73 Å². The molecule has 0 atom stereocenters. The number of nitrogens with two attached hydrogens (primary N) is 1. The van der Waals surface area contributed by atoms with Gasteiger partial charge in [0.25, 0.3) is 5.91 Å². The highest BCUT2D eigenvalue weighted by atomic mass is 32.1. The first kappa shape index (κ1) is 16.6. The van der Waals surface area contributed by atoms with E-state index >= 15 is 0 Å². The molecule has 0 saturated heterocycles. The fraction of sp³-hybridized carbons (Fsp3) is 0.312. The summed E-state index contributed by atoms with van der Waals surface area (Å²) in [7, 11) is 1.59. The van der Waals surface area contributed by atoms with E-state index in [1.165, 1.54) is 11.3 Å². The number of methoxy groups -OCH3 is 1. The van der Waals surface area contributed by atoms with E-state index in [2.05, 4.69) is 25.8 Å². The van der Waals surface area contributed by atoms with Crippen molar-refractivity contribution in [3.8, 4) is 11.4 Å². The van der Waals surface area contributed by atoms with Crippen molar-refractivity contribution in [3.63, 3.8) is 0 Å². The number of hydrogen-bond acceptors (Lipinski definition) is 8. The number of rotatable bonds is 6. The van der Waals surface area contributed by atoms with Crippen LogP contribution in [0.5, 0.6) is 5.75 Å². The molecule has 2 aromatic heterocycles. The van der Waals surface area contributed by atoms with Gasteiger partial charge in [-0.15, -0.1) is 16.4 Å². The topological polar surface area (TPSA) is 121 Å². The number of nitrogens with zero attached hydrogens (tertiary/aromatic N) is 5. The second-order valence-electron chi connectivity index (χ2n) is 5.89. The van der Waals surface area contributed by atoms with Crippen LogP contribution in [0.2, 0.25) is 0 Å². The van der Waals surface area contributed by atoms with E-state index in [-0.39, 0.29) is 5.91 Å². The Morgan fingerprint density at radius 1 is 1.46 bits per heavy atom. The number of amides is 1. The summed E-state index contributed by atoms with van der Waals surface area (Å²) in [4.78, 5) is 16.6. The third kappa shape index (κ3) is 3.16. The zero-order chi connectivity index (χ0) is 18.1. The lowest BCUT2D eigenvalue weighted by Crippen LogP contribution is -2.13. The van der Waals surface area contributed by atoms with Gasteiger partial charge in [0.2, 0.25) is 0 Å². The number of carbonyl (C=O) groups excluding carboxylic acids is 1. The summed E-state index contributed by atoms with van der Waals surface area (Å²) in [6, 6.07) is 5.32. The summed E-state index contributed by atoms with van der Waals surface area (Å²) in [5, 5.41) is 17.2. The summed E-state index contributed by atoms with van der Waals surface area (Å²) in [5.41, 5.74) is 7.17. The van der Waals surface area contributed by atoms with Gasteiger partial charge in [-0.1, -0.05) is 0 Å². The van der Waals surface area contributed by atoms with E-state index in [1.54, 1.807) is 35.4 Å².